The number of ether oxygens (including phenoxy) is 1. The van der Waals surface area contributed by atoms with E-state index in [-0.39, 0.29) is 24.1 Å². The Morgan fingerprint density at radius 1 is 1.25 bits per heavy atom. The summed E-state index contributed by atoms with van der Waals surface area (Å²) in [5.41, 5.74) is 0.0307. The van der Waals surface area contributed by atoms with Crippen molar-refractivity contribution in [1.29, 1.82) is 0 Å². The molecule has 2 aromatic rings. The van der Waals surface area contributed by atoms with E-state index in [9.17, 15) is 13.2 Å². The van der Waals surface area contributed by atoms with Gasteiger partial charge >= 0.3 is 5.63 Å². The molecule has 24 heavy (non-hydrogen) atoms. The minimum Gasteiger partial charge on any atom is -0.487 e. The van der Waals surface area contributed by atoms with E-state index in [2.05, 4.69) is 0 Å². The third kappa shape index (κ3) is 3.19. The van der Waals surface area contributed by atoms with Crippen molar-refractivity contribution in [3.63, 3.8) is 0 Å². The van der Waals surface area contributed by atoms with Crippen LogP contribution in [0.3, 0.4) is 0 Å². The van der Waals surface area contributed by atoms with Gasteiger partial charge in [-0.1, -0.05) is 17.7 Å². The van der Waals surface area contributed by atoms with Gasteiger partial charge in [0.1, 0.15) is 17.6 Å². The van der Waals surface area contributed by atoms with Gasteiger partial charge in [-0.2, -0.15) is 4.31 Å². The summed E-state index contributed by atoms with van der Waals surface area (Å²) in [5, 5.41) is 0.413. The van der Waals surface area contributed by atoms with E-state index in [1.54, 1.807) is 32.0 Å². The Morgan fingerprint density at radius 2 is 1.96 bits per heavy atom. The van der Waals surface area contributed by atoms with Crippen LogP contribution in [0, 0.1) is 13.8 Å². The molecule has 3 rings (SSSR count). The van der Waals surface area contributed by atoms with Gasteiger partial charge in [0.25, 0.3) is 0 Å². The molecule has 0 saturated carbocycles. The Labute approximate surface area is 144 Å². The Kier molecular flexibility index (Phi) is 4.42. The van der Waals surface area contributed by atoms with Crippen molar-refractivity contribution in [3.05, 3.63) is 57.1 Å². The van der Waals surface area contributed by atoms with Gasteiger partial charge < -0.3 is 9.15 Å². The van der Waals surface area contributed by atoms with Crippen LogP contribution in [0.25, 0.3) is 0 Å². The van der Waals surface area contributed by atoms with Gasteiger partial charge in [0, 0.05) is 11.1 Å². The van der Waals surface area contributed by atoms with Crippen LogP contribution in [-0.4, -0.2) is 31.9 Å². The largest absolute Gasteiger partial charge is 0.487 e. The number of nitrogens with zero attached hydrogens (tertiary/aromatic N) is 1. The molecule has 128 valence electrons. The number of aryl methyl sites for hydroxylation is 1. The molecular formula is C16H16ClNO5S. The summed E-state index contributed by atoms with van der Waals surface area (Å²) in [6.07, 6.45) is -0.305. The Hall–Kier alpha value is -1.83. The van der Waals surface area contributed by atoms with Crippen molar-refractivity contribution < 1.29 is 17.6 Å². The molecule has 0 aliphatic carbocycles. The fourth-order valence-corrected chi connectivity index (χ4v) is 4.50. The number of benzene rings is 1. The van der Waals surface area contributed by atoms with Gasteiger partial charge in [0.2, 0.25) is 10.0 Å². The highest BCUT2D eigenvalue weighted by Gasteiger charge is 2.39. The molecule has 1 aliphatic heterocycles. The lowest BCUT2D eigenvalue weighted by molar-refractivity contribution is 0.0754. The first kappa shape index (κ1) is 17.0. The van der Waals surface area contributed by atoms with Crippen LogP contribution in [0.4, 0.5) is 0 Å². The average Bonchev–Trinajstić information content (AvgIpc) is 2.44. The van der Waals surface area contributed by atoms with Gasteiger partial charge in [-0.15, -0.1) is 0 Å². The maximum Gasteiger partial charge on any atom is 0.339 e. The lowest BCUT2D eigenvalue weighted by Crippen LogP contribution is -2.56. The quantitative estimate of drug-likeness (QED) is 0.826. The van der Waals surface area contributed by atoms with Gasteiger partial charge in [-0.3, -0.25) is 0 Å². The van der Waals surface area contributed by atoms with Crippen molar-refractivity contribution in [3.8, 4) is 5.75 Å². The SMILES string of the molecule is Cc1cc(OC2CN(S(=O)(=O)c3cccc(Cl)c3C)C2)cc(=O)o1. The van der Waals surface area contributed by atoms with E-state index < -0.39 is 15.6 Å². The molecule has 1 fully saturated rings. The molecule has 0 spiro atoms. The van der Waals surface area contributed by atoms with Gasteiger partial charge in [0.05, 0.1) is 24.1 Å². The van der Waals surface area contributed by atoms with Gasteiger partial charge in [-0.05, 0) is 31.5 Å². The monoisotopic (exact) mass is 369 g/mol. The highest BCUT2D eigenvalue weighted by Crippen LogP contribution is 2.29. The first-order valence-corrected chi connectivity index (χ1v) is 9.13. The van der Waals surface area contributed by atoms with Crippen molar-refractivity contribution in [2.24, 2.45) is 0 Å². The summed E-state index contributed by atoms with van der Waals surface area (Å²) >= 11 is 6.01. The molecule has 1 aromatic heterocycles. The number of sulfonamides is 1. The van der Waals surface area contributed by atoms with Gasteiger partial charge in [-0.25, -0.2) is 13.2 Å². The first-order valence-electron chi connectivity index (χ1n) is 7.31. The number of hydrogen-bond donors (Lipinski definition) is 0. The van der Waals surface area contributed by atoms with Crippen LogP contribution in [0.5, 0.6) is 5.75 Å². The highest BCUT2D eigenvalue weighted by molar-refractivity contribution is 7.89. The molecule has 1 aliphatic rings. The third-order valence-electron chi connectivity index (χ3n) is 3.82. The Bertz CT molecular complexity index is 932. The maximum absolute atomic E-state index is 12.6. The van der Waals surface area contributed by atoms with E-state index in [1.165, 1.54) is 16.4 Å². The zero-order valence-corrected chi connectivity index (χ0v) is 14.7. The molecule has 8 heteroatoms. The van der Waals surface area contributed by atoms with Crippen molar-refractivity contribution in [2.45, 2.75) is 24.8 Å². The molecule has 0 N–H and O–H groups in total. The molecular weight excluding hydrogens is 354 g/mol. The molecule has 0 unspecified atom stereocenters. The zero-order chi connectivity index (χ0) is 17.5. The predicted molar refractivity (Wildman–Crippen MR) is 89.1 cm³/mol. The van der Waals surface area contributed by atoms with Crippen LogP contribution < -0.4 is 10.4 Å². The Morgan fingerprint density at radius 3 is 2.62 bits per heavy atom. The fraction of sp³-hybridized carbons (Fsp3) is 0.312. The van der Waals surface area contributed by atoms with Crippen LogP contribution in [-0.2, 0) is 10.0 Å². The minimum absolute atomic E-state index is 0.199. The van der Waals surface area contributed by atoms with Crippen LogP contribution >= 0.6 is 11.6 Å². The molecule has 1 saturated heterocycles. The number of rotatable bonds is 4. The molecule has 0 amide bonds. The predicted octanol–water partition coefficient (Wildman–Crippen LogP) is 2.36. The average molecular weight is 370 g/mol. The van der Waals surface area contributed by atoms with Crippen molar-refractivity contribution >= 4 is 21.6 Å². The van der Waals surface area contributed by atoms with Crippen LogP contribution in [0.1, 0.15) is 11.3 Å². The second-order valence-electron chi connectivity index (χ2n) is 5.65. The van der Waals surface area contributed by atoms with E-state index in [1.807, 2.05) is 0 Å². The zero-order valence-electron chi connectivity index (χ0n) is 13.2. The summed E-state index contributed by atoms with van der Waals surface area (Å²) in [4.78, 5) is 11.5. The highest BCUT2D eigenvalue weighted by atomic mass is 35.5. The second kappa shape index (κ2) is 6.23. The minimum atomic E-state index is -3.61. The van der Waals surface area contributed by atoms with E-state index >= 15 is 0 Å². The summed E-state index contributed by atoms with van der Waals surface area (Å²) < 4.78 is 37.1. The normalized spacial score (nSPS) is 16.0. The van der Waals surface area contributed by atoms with Crippen LogP contribution in [0.2, 0.25) is 5.02 Å². The van der Waals surface area contributed by atoms with Crippen molar-refractivity contribution in [1.82, 2.24) is 4.31 Å². The van der Waals surface area contributed by atoms with E-state index in [4.69, 9.17) is 20.8 Å². The smallest absolute Gasteiger partial charge is 0.339 e. The number of hydrogen-bond acceptors (Lipinski definition) is 5. The molecule has 0 atom stereocenters. The number of halogens is 1. The van der Waals surface area contributed by atoms with Crippen molar-refractivity contribution in [2.75, 3.05) is 13.1 Å². The van der Waals surface area contributed by atoms with E-state index in [0.717, 1.165) is 0 Å². The second-order valence-corrected chi connectivity index (χ2v) is 7.96. The maximum atomic E-state index is 12.6. The van der Waals surface area contributed by atoms with Crippen LogP contribution in [0.15, 0.2) is 44.4 Å². The molecule has 6 nitrogen and oxygen atoms in total. The van der Waals surface area contributed by atoms with Gasteiger partial charge in [0.15, 0.2) is 0 Å². The summed E-state index contributed by atoms with van der Waals surface area (Å²) in [6.45, 7) is 3.75. The first-order chi connectivity index (χ1) is 11.3. The lowest BCUT2D eigenvalue weighted by Gasteiger charge is -2.38. The van der Waals surface area contributed by atoms with E-state index in [0.29, 0.717) is 22.1 Å². The topological polar surface area (TPSA) is 76.8 Å². The Balaban J connectivity index is 1.71. The molecule has 0 radical (unpaired) electrons. The molecule has 2 heterocycles. The lowest BCUT2D eigenvalue weighted by atomic mass is 10.2. The summed E-state index contributed by atoms with van der Waals surface area (Å²) in [7, 11) is -3.61. The molecule has 0 bridgehead atoms. The summed E-state index contributed by atoms with van der Waals surface area (Å²) in [5.74, 6) is 0.820. The molecule has 1 aromatic carbocycles. The standard InChI is InChI=1S/C16H16ClNO5S/c1-10-6-12(7-16(19)22-10)23-13-8-18(9-13)24(20,21)15-5-3-4-14(17)11(15)2/h3-7,13H,8-9H2,1-2H3. The fourth-order valence-electron chi connectivity index (χ4n) is 2.51. The summed E-state index contributed by atoms with van der Waals surface area (Å²) in [6, 6.07) is 7.64. The third-order valence-corrected chi connectivity index (χ3v) is 6.21.